The first kappa shape index (κ1) is 15.9. The summed E-state index contributed by atoms with van der Waals surface area (Å²) in [7, 11) is 0. The van der Waals surface area contributed by atoms with Crippen molar-refractivity contribution < 1.29 is 9.53 Å². The summed E-state index contributed by atoms with van der Waals surface area (Å²) < 4.78 is 6.85. The number of aryl methyl sites for hydroxylation is 2. The molecule has 6 heteroatoms. The minimum absolute atomic E-state index is 0.170. The van der Waals surface area contributed by atoms with Crippen molar-refractivity contribution >= 4 is 23.1 Å². The molecule has 0 aliphatic heterocycles. The Morgan fingerprint density at radius 2 is 1.88 bits per heavy atom. The molecular formula is C18H18N4O2. The van der Waals surface area contributed by atoms with Crippen molar-refractivity contribution in [2.75, 3.05) is 6.61 Å². The standard InChI is InChI=1S/C18H18N4O2/c1-4-24-18(23)15-17(21-20-14-10-6-5-8-12(14)2)22-11-7-9-13(3)16(22)19-15/h5-11H,4H2,1-3H3. The first-order valence-corrected chi connectivity index (χ1v) is 7.74. The Kier molecular flexibility index (Phi) is 4.37. The number of hydrogen-bond donors (Lipinski definition) is 0. The van der Waals surface area contributed by atoms with E-state index in [0.29, 0.717) is 11.5 Å². The van der Waals surface area contributed by atoms with E-state index in [4.69, 9.17) is 4.74 Å². The summed E-state index contributed by atoms with van der Waals surface area (Å²) in [5.74, 6) is -0.130. The number of carbonyl (C=O) groups excluding carboxylic acids is 1. The van der Waals surface area contributed by atoms with Crippen LogP contribution in [0, 0.1) is 13.8 Å². The van der Waals surface area contributed by atoms with Gasteiger partial charge in [-0.05, 0) is 44.0 Å². The van der Waals surface area contributed by atoms with E-state index in [1.807, 2.05) is 56.4 Å². The number of ether oxygens (including phenoxy) is 1. The molecule has 0 unspecified atom stereocenters. The van der Waals surface area contributed by atoms with Crippen LogP contribution >= 0.6 is 0 Å². The highest BCUT2D eigenvalue weighted by Gasteiger charge is 2.21. The third-order valence-corrected chi connectivity index (χ3v) is 3.66. The minimum atomic E-state index is -0.501. The molecule has 0 bridgehead atoms. The van der Waals surface area contributed by atoms with E-state index >= 15 is 0 Å². The molecule has 0 atom stereocenters. The van der Waals surface area contributed by atoms with E-state index in [2.05, 4.69) is 15.2 Å². The highest BCUT2D eigenvalue weighted by molar-refractivity contribution is 5.93. The number of esters is 1. The molecule has 0 aliphatic carbocycles. The number of nitrogens with zero attached hydrogens (tertiary/aromatic N) is 4. The summed E-state index contributed by atoms with van der Waals surface area (Å²) in [6, 6.07) is 11.5. The lowest BCUT2D eigenvalue weighted by atomic mass is 10.2. The molecule has 1 aromatic carbocycles. The van der Waals surface area contributed by atoms with Crippen molar-refractivity contribution in [1.82, 2.24) is 9.38 Å². The number of azo groups is 1. The Bertz CT molecular complexity index is 928. The van der Waals surface area contributed by atoms with Gasteiger partial charge in [-0.2, -0.15) is 0 Å². The Hall–Kier alpha value is -3.02. The molecular weight excluding hydrogens is 304 g/mol. The number of fused-ring (bicyclic) bond motifs is 1. The number of rotatable bonds is 4. The van der Waals surface area contributed by atoms with Gasteiger partial charge in [0.1, 0.15) is 5.65 Å². The second-order valence-corrected chi connectivity index (χ2v) is 5.38. The Morgan fingerprint density at radius 1 is 1.12 bits per heavy atom. The fourth-order valence-electron chi connectivity index (χ4n) is 2.40. The fraction of sp³-hybridized carbons (Fsp3) is 0.222. The van der Waals surface area contributed by atoms with Gasteiger partial charge in [0, 0.05) is 6.20 Å². The van der Waals surface area contributed by atoms with Gasteiger partial charge in [-0.25, -0.2) is 9.78 Å². The molecule has 2 aromatic heterocycles. The fourth-order valence-corrected chi connectivity index (χ4v) is 2.40. The first-order chi connectivity index (χ1) is 11.6. The van der Waals surface area contributed by atoms with Crippen LogP contribution in [0.4, 0.5) is 11.5 Å². The summed E-state index contributed by atoms with van der Waals surface area (Å²) in [5, 5.41) is 8.58. The van der Waals surface area contributed by atoms with Crippen LogP contribution in [0.1, 0.15) is 28.5 Å². The van der Waals surface area contributed by atoms with Crippen LogP contribution in [0.25, 0.3) is 5.65 Å². The Balaban J connectivity index is 2.14. The summed E-state index contributed by atoms with van der Waals surface area (Å²) in [6.45, 7) is 5.92. The highest BCUT2D eigenvalue weighted by Crippen LogP contribution is 2.27. The maximum Gasteiger partial charge on any atom is 0.360 e. The number of aromatic nitrogens is 2. The van der Waals surface area contributed by atoms with Crippen molar-refractivity contribution in [1.29, 1.82) is 0 Å². The molecule has 0 N–H and O–H groups in total. The Morgan fingerprint density at radius 3 is 2.62 bits per heavy atom. The zero-order chi connectivity index (χ0) is 17.1. The lowest BCUT2D eigenvalue weighted by Gasteiger charge is -2.01. The molecule has 0 fully saturated rings. The number of hydrogen-bond acceptors (Lipinski definition) is 5. The van der Waals surface area contributed by atoms with E-state index in [0.717, 1.165) is 16.8 Å². The SMILES string of the molecule is CCOC(=O)c1nc2c(C)cccn2c1N=Nc1ccccc1C. The van der Waals surface area contributed by atoms with Crippen molar-refractivity contribution in [2.24, 2.45) is 10.2 Å². The van der Waals surface area contributed by atoms with Gasteiger partial charge in [-0.1, -0.05) is 24.3 Å². The average molecular weight is 322 g/mol. The lowest BCUT2D eigenvalue weighted by molar-refractivity contribution is 0.0521. The molecule has 3 aromatic rings. The molecule has 0 amide bonds. The van der Waals surface area contributed by atoms with Gasteiger partial charge in [0.2, 0.25) is 0 Å². The minimum Gasteiger partial charge on any atom is -0.461 e. The number of benzene rings is 1. The monoisotopic (exact) mass is 322 g/mol. The average Bonchev–Trinajstić information content (AvgIpc) is 2.95. The number of imidazole rings is 1. The molecule has 6 nitrogen and oxygen atoms in total. The third kappa shape index (κ3) is 2.90. The van der Waals surface area contributed by atoms with Gasteiger partial charge < -0.3 is 4.74 Å². The van der Waals surface area contributed by atoms with Crippen LogP contribution in [0.2, 0.25) is 0 Å². The van der Waals surface area contributed by atoms with Crippen LogP contribution < -0.4 is 0 Å². The molecule has 0 radical (unpaired) electrons. The molecule has 0 saturated heterocycles. The van der Waals surface area contributed by atoms with Gasteiger partial charge >= 0.3 is 5.97 Å². The van der Waals surface area contributed by atoms with Gasteiger partial charge in [-0.3, -0.25) is 4.40 Å². The van der Waals surface area contributed by atoms with Gasteiger partial charge in [-0.15, -0.1) is 10.2 Å². The van der Waals surface area contributed by atoms with Crippen molar-refractivity contribution in [2.45, 2.75) is 20.8 Å². The van der Waals surface area contributed by atoms with E-state index in [9.17, 15) is 4.79 Å². The second kappa shape index (κ2) is 6.62. The maximum atomic E-state index is 12.2. The summed E-state index contributed by atoms with van der Waals surface area (Å²) in [5.41, 5.74) is 3.53. The molecule has 24 heavy (non-hydrogen) atoms. The van der Waals surface area contributed by atoms with Crippen LogP contribution in [0.5, 0.6) is 0 Å². The molecule has 122 valence electrons. The quantitative estimate of drug-likeness (QED) is 0.523. The first-order valence-electron chi connectivity index (χ1n) is 7.74. The third-order valence-electron chi connectivity index (χ3n) is 3.66. The zero-order valence-electron chi connectivity index (χ0n) is 13.9. The largest absolute Gasteiger partial charge is 0.461 e. The molecule has 3 rings (SSSR count). The normalized spacial score (nSPS) is 11.3. The summed E-state index contributed by atoms with van der Waals surface area (Å²) in [6.07, 6.45) is 1.81. The van der Waals surface area contributed by atoms with Crippen LogP contribution in [0.15, 0.2) is 52.8 Å². The second-order valence-electron chi connectivity index (χ2n) is 5.38. The van der Waals surface area contributed by atoms with Gasteiger partial charge in [0.05, 0.1) is 12.3 Å². The van der Waals surface area contributed by atoms with Crippen LogP contribution in [-0.2, 0) is 4.74 Å². The highest BCUT2D eigenvalue weighted by atomic mass is 16.5. The number of pyridine rings is 1. The van der Waals surface area contributed by atoms with Crippen molar-refractivity contribution in [3.63, 3.8) is 0 Å². The topological polar surface area (TPSA) is 68.3 Å². The predicted molar refractivity (Wildman–Crippen MR) is 91.2 cm³/mol. The van der Waals surface area contributed by atoms with E-state index in [1.54, 1.807) is 11.3 Å². The molecule has 0 saturated carbocycles. The van der Waals surface area contributed by atoms with E-state index < -0.39 is 5.97 Å². The smallest absolute Gasteiger partial charge is 0.360 e. The molecule has 0 spiro atoms. The van der Waals surface area contributed by atoms with Gasteiger partial charge in [0.25, 0.3) is 0 Å². The lowest BCUT2D eigenvalue weighted by Crippen LogP contribution is -2.05. The predicted octanol–water partition coefficient (Wildman–Crippen LogP) is 4.54. The number of carbonyl (C=O) groups is 1. The maximum absolute atomic E-state index is 12.2. The van der Waals surface area contributed by atoms with E-state index in [1.165, 1.54) is 0 Å². The zero-order valence-corrected chi connectivity index (χ0v) is 13.9. The molecule has 2 heterocycles. The van der Waals surface area contributed by atoms with Crippen LogP contribution in [0.3, 0.4) is 0 Å². The van der Waals surface area contributed by atoms with Crippen molar-refractivity contribution in [3.05, 3.63) is 59.4 Å². The van der Waals surface area contributed by atoms with E-state index in [-0.39, 0.29) is 12.3 Å². The summed E-state index contributed by atoms with van der Waals surface area (Å²) in [4.78, 5) is 16.6. The van der Waals surface area contributed by atoms with Gasteiger partial charge in [0.15, 0.2) is 11.5 Å². The Labute approximate surface area is 139 Å². The van der Waals surface area contributed by atoms with Crippen LogP contribution in [-0.4, -0.2) is 22.0 Å². The molecule has 0 aliphatic rings. The van der Waals surface area contributed by atoms with Crippen molar-refractivity contribution in [3.8, 4) is 0 Å². The summed E-state index contributed by atoms with van der Waals surface area (Å²) >= 11 is 0.